The van der Waals surface area contributed by atoms with Gasteiger partial charge in [0.25, 0.3) is 12.3 Å². The Balaban J connectivity index is 2.07. The van der Waals surface area contributed by atoms with Crippen molar-refractivity contribution in [1.82, 2.24) is 15.1 Å². The summed E-state index contributed by atoms with van der Waals surface area (Å²) < 4.78 is 31.6. The summed E-state index contributed by atoms with van der Waals surface area (Å²) in [6.07, 6.45) is 1.85. The normalized spacial score (nSPS) is 17.0. The molecule has 1 fully saturated rings. The number of nitrogens with zero attached hydrogens (tertiary/aromatic N) is 2. The maximum atomic E-state index is 12.6. The van der Waals surface area contributed by atoms with E-state index >= 15 is 0 Å². The molecular formula is C16H25F2N3O2. The number of hydrogen-bond donors (Lipinski definition) is 1. The molecule has 0 aliphatic heterocycles. The van der Waals surface area contributed by atoms with Gasteiger partial charge in [0.05, 0.1) is 17.9 Å². The number of hydrogen-bond acceptors (Lipinski definition) is 3. The molecule has 1 aromatic rings. The number of methoxy groups -OCH3 is 1. The Morgan fingerprint density at radius 3 is 2.61 bits per heavy atom. The fourth-order valence-electron chi connectivity index (χ4n) is 3.49. The molecule has 0 spiro atoms. The molecule has 1 aromatic heterocycles. The molecule has 1 N–H and O–H groups in total. The summed E-state index contributed by atoms with van der Waals surface area (Å²) >= 11 is 0. The zero-order chi connectivity index (χ0) is 17.0. The van der Waals surface area contributed by atoms with E-state index in [2.05, 4.69) is 10.4 Å². The molecule has 23 heavy (non-hydrogen) atoms. The average Bonchev–Trinajstić information content (AvgIpc) is 3.03. The van der Waals surface area contributed by atoms with Gasteiger partial charge in [-0.2, -0.15) is 5.10 Å². The van der Waals surface area contributed by atoms with Crippen LogP contribution in [0.5, 0.6) is 0 Å². The van der Waals surface area contributed by atoms with Crippen LogP contribution in [0.2, 0.25) is 0 Å². The van der Waals surface area contributed by atoms with Crippen molar-refractivity contribution in [2.45, 2.75) is 52.5 Å². The van der Waals surface area contributed by atoms with E-state index in [4.69, 9.17) is 4.74 Å². The first-order chi connectivity index (χ1) is 10.9. The molecule has 1 aliphatic rings. The Kier molecular flexibility index (Phi) is 5.73. The minimum absolute atomic E-state index is 0.00874. The summed E-state index contributed by atoms with van der Waals surface area (Å²) in [5, 5.41) is 7.01. The van der Waals surface area contributed by atoms with Crippen LogP contribution in [0.25, 0.3) is 0 Å². The van der Waals surface area contributed by atoms with Crippen molar-refractivity contribution < 1.29 is 18.3 Å². The van der Waals surface area contributed by atoms with E-state index in [9.17, 15) is 13.6 Å². The molecular weight excluding hydrogens is 304 g/mol. The van der Waals surface area contributed by atoms with E-state index in [0.29, 0.717) is 30.1 Å². The summed E-state index contributed by atoms with van der Waals surface area (Å²) in [5.74, 6) is -0.247. The minimum Gasteiger partial charge on any atom is -0.384 e. The Morgan fingerprint density at radius 1 is 1.39 bits per heavy atom. The van der Waals surface area contributed by atoms with Gasteiger partial charge >= 0.3 is 0 Å². The van der Waals surface area contributed by atoms with Crippen LogP contribution < -0.4 is 5.32 Å². The van der Waals surface area contributed by atoms with E-state index in [1.807, 2.05) is 0 Å². The number of carbonyl (C=O) groups is 1. The topological polar surface area (TPSA) is 56.1 Å². The van der Waals surface area contributed by atoms with Crippen LogP contribution in [0.15, 0.2) is 0 Å². The van der Waals surface area contributed by atoms with Gasteiger partial charge in [0, 0.05) is 24.8 Å². The molecule has 0 aromatic carbocycles. The van der Waals surface area contributed by atoms with Crippen LogP contribution in [0.1, 0.15) is 47.4 Å². The summed E-state index contributed by atoms with van der Waals surface area (Å²) in [7, 11) is 1.67. The second kappa shape index (κ2) is 7.38. The van der Waals surface area contributed by atoms with Crippen molar-refractivity contribution in [2.75, 3.05) is 20.3 Å². The molecule has 0 atom stereocenters. The van der Waals surface area contributed by atoms with Gasteiger partial charge in [0.1, 0.15) is 6.54 Å². The van der Waals surface area contributed by atoms with Crippen molar-refractivity contribution >= 4 is 5.91 Å². The van der Waals surface area contributed by atoms with Gasteiger partial charge < -0.3 is 10.1 Å². The monoisotopic (exact) mass is 329 g/mol. The molecule has 1 aliphatic carbocycles. The zero-order valence-electron chi connectivity index (χ0n) is 14.0. The molecule has 130 valence electrons. The molecule has 2 rings (SSSR count). The lowest BCUT2D eigenvalue weighted by Gasteiger charge is -2.28. The highest BCUT2D eigenvalue weighted by molar-refractivity contribution is 5.96. The number of halogens is 2. The van der Waals surface area contributed by atoms with Gasteiger partial charge in [-0.3, -0.25) is 9.48 Å². The Hall–Kier alpha value is -1.50. The SMILES string of the molecule is COCC1(CNC(=O)c2c(C)nn(CC(F)F)c2C)CCCC1. The number of ether oxygens (including phenoxy) is 1. The third-order valence-corrected chi connectivity index (χ3v) is 4.66. The lowest BCUT2D eigenvalue weighted by Crippen LogP contribution is -2.39. The third-order valence-electron chi connectivity index (χ3n) is 4.66. The molecule has 0 saturated heterocycles. The maximum Gasteiger partial charge on any atom is 0.257 e. The minimum atomic E-state index is -2.49. The second-order valence-electron chi connectivity index (χ2n) is 6.44. The summed E-state index contributed by atoms with van der Waals surface area (Å²) in [6.45, 7) is 3.99. The number of alkyl halides is 2. The number of nitrogens with one attached hydrogen (secondary N) is 1. The predicted octanol–water partition coefficient (Wildman–Crippen LogP) is 2.70. The Bertz CT molecular complexity index is 552. The zero-order valence-corrected chi connectivity index (χ0v) is 14.0. The maximum absolute atomic E-state index is 12.6. The van der Waals surface area contributed by atoms with Crippen molar-refractivity contribution in [3.8, 4) is 0 Å². The quantitative estimate of drug-likeness (QED) is 0.837. The molecule has 7 heteroatoms. The first-order valence-electron chi connectivity index (χ1n) is 7.98. The second-order valence-corrected chi connectivity index (χ2v) is 6.44. The highest BCUT2D eigenvalue weighted by atomic mass is 19.3. The van der Waals surface area contributed by atoms with E-state index in [-0.39, 0.29) is 11.3 Å². The molecule has 0 bridgehead atoms. The van der Waals surface area contributed by atoms with Crippen LogP contribution in [-0.4, -0.2) is 42.4 Å². The summed E-state index contributed by atoms with van der Waals surface area (Å²) in [6, 6.07) is 0. The summed E-state index contributed by atoms with van der Waals surface area (Å²) in [5.41, 5.74) is 1.35. The number of aryl methyl sites for hydroxylation is 1. The number of aromatic nitrogens is 2. The van der Waals surface area contributed by atoms with Crippen LogP contribution >= 0.6 is 0 Å². The van der Waals surface area contributed by atoms with E-state index in [1.165, 1.54) is 4.68 Å². The first-order valence-corrected chi connectivity index (χ1v) is 7.98. The Labute approximate surface area is 135 Å². The van der Waals surface area contributed by atoms with E-state index in [1.54, 1.807) is 21.0 Å². The fraction of sp³-hybridized carbons (Fsp3) is 0.750. The largest absolute Gasteiger partial charge is 0.384 e. The summed E-state index contributed by atoms with van der Waals surface area (Å²) in [4.78, 5) is 12.5. The van der Waals surface area contributed by atoms with Crippen LogP contribution in [0.3, 0.4) is 0 Å². The third kappa shape index (κ3) is 4.07. The van der Waals surface area contributed by atoms with Crippen molar-refractivity contribution in [2.24, 2.45) is 5.41 Å². The van der Waals surface area contributed by atoms with Gasteiger partial charge in [-0.15, -0.1) is 0 Å². The van der Waals surface area contributed by atoms with Crippen molar-refractivity contribution in [3.05, 3.63) is 17.0 Å². The van der Waals surface area contributed by atoms with Gasteiger partial charge in [-0.1, -0.05) is 12.8 Å². The highest BCUT2D eigenvalue weighted by Gasteiger charge is 2.34. The lowest BCUT2D eigenvalue weighted by molar-refractivity contribution is 0.0739. The molecule has 1 heterocycles. The van der Waals surface area contributed by atoms with Gasteiger partial charge in [-0.25, -0.2) is 8.78 Å². The van der Waals surface area contributed by atoms with Crippen LogP contribution in [0, 0.1) is 19.3 Å². The Morgan fingerprint density at radius 2 is 2.04 bits per heavy atom. The molecule has 1 saturated carbocycles. The van der Waals surface area contributed by atoms with E-state index in [0.717, 1.165) is 25.7 Å². The first kappa shape index (κ1) is 17.8. The van der Waals surface area contributed by atoms with Gasteiger partial charge in [0.15, 0.2) is 0 Å². The van der Waals surface area contributed by atoms with Gasteiger partial charge in [0.2, 0.25) is 0 Å². The van der Waals surface area contributed by atoms with Gasteiger partial charge in [-0.05, 0) is 26.7 Å². The molecule has 0 unspecified atom stereocenters. The number of carbonyl (C=O) groups excluding carboxylic acids is 1. The average molecular weight is 329 g/mol. The van der Waals surface area contributed by atoms with Crippen LogP contribution in [0.4, 0.5) is 8.78 Å². The predicted molar refractivity (Wildman–Crippen MR) is 82.8 cm³/mol. The fourth-order valence-corrected chi connectivity index (χ4v) is 3.49. The van der Waals surface area contributed by atoms with Crippen LogP contribution in [-0.2, 0) is 11.3 Å². The molecule has 0 radical (unpaired) electrons. The van der Waals surface area contributed by atoms with E-state index < -0.39 is 13.0 Å². The molecule has 5 nitrogen and oxygen atoms in total. The number of amides is 1. The standard InChI is InChI=1S/C16H25F2N3O2/c1-11-14(12(2)21(20-11)8-13(17)18)15(22)19-9-16(10-23-3)6-4-5-7-16/h13H,4-10H2,1-3H3,(H,19,22). The van der Waals surface area contributed by atoms with Crippen molar-refractivity contribution in [3.63, 3.8) is 0 Å². The highest BCUT2D eigenvalue weighted by Crippen LogP contribution is 2.37. The smallest absolute Gasteiger partial charge is 0.257 e. The number of rotatable bonds is 7. The van der Waals surface area contributed by atoms with Crippen molar-refractivity contribution in [1.29, 1.82) is 0 Å². The molecule has 1 amide bonds. The lowest BCUT2D eigenvalue weighted by atomic mass is 9.87.